The van der Waals surface area contributed by atoms with Gasteiger partial charge in [0.25, 0.3) is 10.0 Å². The molecule has 112 valence electrons. The first-order valence-electron chi connectivity index (χ1n) is 5.75. The van der Waals surface area contributed by atoms with E-state index in [1.54, 1.807) is 24.3 Å². The summed E-state index contributed by atoms with van der Waals surface area (Å²) < 4.78 is 45.6. The van der Waals surface area contributed by atoms with Gasteiger partial charge >= 0.3 is 0 Å². The van der Waals surface area contributed by atoms with Gasteiger partial charge in [0.1, 0.15) is 16.5 Å². The van der Waals surface area contributed by atoms with Crippen LogP contribution in [0.4, 0.5) is 15.8 Å². The second-order valence-electron chi connectivity index (χ2n) is 4.11. The van der Waals surface area contributed by atoms with Crippen molar-refractivity contribution in [2.24, 2.45) is 0 Å². The number of nitrogens with one attached hydrogen (secondary N) is 1. The molecule has 0 aromatic heterocycles. The summed E-state index contributed by atoms with van der Waals surface area (Å²) in [6.07, 6.45) is 0. The predicted molar refractivity (Wildman–Crippen MR) is 82.3 cm³/mol. The normalized spacial score (nSPS) is 11.2. The van der Waals surface area contributed by atoms with Crippen molar-refractivity contribution in [3.63, 3.8) is 0 Å². The number of sulfonamides is 1. The van der Waals surface area contributed by atoms with Gasteiger partial charge in [-0.1, -0.05) is 12.1 Å². The number of benzene rings is 2. The van der Waals surface area contributed by atoms with Crippen LogP contribution in [0, 0.1) is 5.82 Å². The lowest BCUT2D eigenvalue weighted by molar-refractivity contribution is 0.417. The van der Waals surface area contributed by atoms with Gasteiger partial charge in [-0.05, 0) is 40.2 Å². The average molecular weight is 375 g/mol. The van der Waals surface area contributed by atoms with E-state index >= 15 is 0 Å². The van der Waals surface area contributed by atoms with Gasteiger partial charge in [0.2, 0.25) is 0 Å². The van der Waals surface area contributed by atoms with E-state index in [0.29, 0.717) is 5.75 Å². The fourth-order valence-corrected chi connectivity index (χ4v) is 3.80. The highest BCUT2D eigenvalue weighted by atomic mass is 79.9. The van der Waals surface area contributed by atoms with Crippen molar-refractivity contribution in [3.05, 3.63) is 46.7 Å². The molecule has 0 aliphatic carbocycles. The van der Waals surface area contributed by atoms with Crippen LogP contribution >= 0.6 is 15.9 Å². The van der Waals surface area contributed by atoms with Crippen LogP contribution in [0.2, 0.25) is 0 Å². The van der Waals surface area contributed by atoms with Crippen LogP contribution in [0.25, 0.3) is 0 Å². The molecule has 21 heavy (non-hydrogen) atoms. The third kappa shape index (κ3) is 3.27. The van der Waals surface area contributed by atoms with Crippen LogP contribution in [0.5, 0.6) is 5.75 Å². The van der Waals surface area contributed by atoms with E-state index in [2.05, 4.69) is 20.7 Å². The van der Waals surface area contributed by atoms with Crippen molar-refractivity contribution >= 4 is 37.3 Å². The van der Waals surface area contributed by atoms with E-state index in [9.17, 15) is 12.8 Å². The van der Waals surface area contributed by atoms with E-state index in [1.807, 2.05) is 0 Å². The molecular weight excluding hydrogens is 363 g/mol. The van der Waals surface area contributed by atoms with E-state index in [4.69, 9.17) is 10.5 Å². The van der Waals surface area contributed by atoms with Crippen molar-refractivity contribution < 1.29 is 17.5 Å². The quantitative estimate of drug-likeness (QED) is 0.806. The Morgan fingerprint density at radius 2 is 1.95 bits per heavy atom. The summed E-state index contributed by atoms with van der Waals surface area (Å²) in [5, 5.41) is 0. The van der Waals surface area contributed by atoms with Crippen LogP contribution in [0.1, 0.15) is 0 Å². The molecule has 0 radical (unpaired) electrons. The highest BCUT2D eigenvalue weighted by Crippen LogP contribution is 2.31. The van der Waals surface area contributed by atoms with Gasteiger partial charge in [-0.3, -0.25) is 4.72 Å². The third-order valence-electron chi connectivity index (χ3n) is 2.69. The largest absolute Gasteiger partial charge is 0.495 e. The monoisotopic (exact) mass is 374 g/mol. The maximum atomic E-state index is 13.3. The number of rotatable bonds is 4. The first kappa shape index (κ1) is 15.6. The molecule has 0 unspecified atom stereocenters. The first-order valence-corrected chi connectivity index (χ1v) is 8.03. The minimum atomic E-state index is -3.94. The summed E-state index contributed by atoms with van der Waals surface area (Å²) in [5.74, 6) is -0.328. The Kier molecular flexibility index (Phi) is 4.38. The lowest BCUT2D eigenvalue weighted by Crippen LogP contribution is -2.15. The molecule has 0 spiro atoms. The van der Waals surface area contributed by atoms with Crippen molar-refractivity contribution in [2.45, 2.75) is 4.90 Å². The lowest BCUT2D eigenvalue weighted by atomic mass is 10.3. The van der Waals surface area contributed by atoms with Crippen molar-refractivity contribution in [1.29, 1.82) is 0 Å². The fraction of sp³-hybridized carbons (Fsp3) is 0.0769. The standard InChI is InChI=1S/C13H12BrFN2O3S/c1-20-12-5-3-2-4-11(12)17-21(18,19)13-7-10(16)9(15)6-8(13)14/h2-7,17H,16H2,1H3. The van der Waals surface area contributed by atoms with Gasteiger partial charge in [-0.25, -0.2) is 12.8 Å². The Balaban J connectivity index is 2.46. The molecule has 0 bridgehead atoms. The molecule has 0 heterocycles. The van der Waals surface area contributed by atoms with Gasteiger partial charge in [0.05, 0.1) is 18.5 Å². The summed E-state index contributed by atoms with van der Waals surface area (Å²) in [4.78, 5) is -0.160. The number of anilines is 2. The zero-order valence-corrected chi connectivity index (χ0v) is 13.3. The molecule has 0 saturated heterocycles. The molecule has 0 amide bonds. The number of hydrogen-bond donors (Lipinski definition) is 2. The second kappa shape index (κ2) is 5.90. The summed E-state index contributed by atoms with van der Waals surface area (Å²) in [6.45, 7) is 0. The number of ether oxygens (including phenoxy) is 1. The number of para-hydroxylation sites is 2. The third-order valence-corrected chi connectivity index (χ3v) is 5.02. The fourth-order valence-electron chi connectivity index (χ4n) is 1.68. The van der Waals surface area contributed by atoms with Gasteiger partial charge in [0, 0.05) is 4.47 Å². The summed E-state index contributed by atoms with van der Waals surface area (Å²) in [6, 6.07) is 8.60. The van der Waals surface area contributed by atoms with Crippen molar-refractivity contribution in [3.8, 4) is 5.75 Å². The smallest absolute Gasteiger partial charge is 0.263 e. The van der Waals surface area contributed by atoms with E-state index in [0.717, 1.165) is 12.1 Å². The van der Waals surface area contributed by atoms with Crippen LogP contribution in [-0.2, 0) is 10.0 Å². The molecule has 0 aliphatic heterocycles. The number of halogens is 2. The first-order chi connectivity index (χ1) is 9.85. The van der Waals surface area contributed by atoms with Crippen LogP contribution in [-0.4, -0.2) is 15.5 Å². The Hall–Kier alpha value is -1.80. The van der Waals surface area contributed by atoms with Crippen molar-refractivity contribution in [2.75, 3.05) is 17.6 Å². The van der Waals surface area contributed by atoms with Crippen molar-refractivity contribution in [1.82, 2.24) is 0 Å². The molecule has 0 fully saturated rings. The summed E-state index contributed by atoms with van der Waals surface area (Å²) in [7, 11) is -2.51. The maximum Gasteiger partial charge on any atom is 0.263 e. The molecule has 5 nitrogen and oxygen atoms in total. The summed E-state index contributed by atoms with van der Waals surface area (Å²) in [5.41, 5.74) is 5.44. The van der Waals surface area contributed by atoms with Gasteiger partial charge in [-0.15, -0.1) is 0 Å². The topological polar surface area (TPSA) is 81.4 Å². The zero-order valence-electron chi connectivity index (χ0n) is 10.9. The van der Waals surface area contributed by atoms with Crippen LogP contribution in [0.15, 0.2) is 45.8 Å². The molecule has 0 atom stereocenters. The molecule has 3 N–H and O–H groups in total. The van der Waals surface area contributed by atoms with Gasteiger partial charge in [0.15, 0.2) is 0 Å². The Morgan fingerprint density at radius 3 is 2.62 bits per heavy atom. The molecule has 0 saturated carbocycles. The highest BCUT2D eigenvalue weighted by Gasteiger charge is 2.21. The minimum absolute atomic E-state index is 0.0802. The lowest BCUT2D eigenvalue weighted by Gasteiger charge is -2.13. The molecule has 2 aromatic carbocycles. The SMILES string of the molecule is COc1ccccc1NS(=O)(=O)c1cc(N)c(F)cc1Br. The number of nitrogen functional groups attached to an aromatic ring is 1. The number of hydrogen-bond acceptors (Lipinski definition) is 4. The number of nitrogens with two attached hydrogens (primary N) is 1. The second-order valence-corrected chi connectivity index (χ2v) is 6.62. The van der Waals surface area contributed by atoms with E-state index < -0.39 is 15.8 Å². The molecule has 2 aromatic rings. The Labute approximate surface area is 130 Å². The van der Waals surface area contributed by atoms with E-state index in [1.165, 1.54) is 7.11 Å². The average Bonchev–Trinajstić information content (AvgIpc) is 2.43. The van der Waals surface area contributed by atoms with Crippen LogP contribution in [0.3, 0.4) is 0 Å². The zero-order chi connectivity index (χ0) is 15.6. The molecule has 8 heteroatoms. The summed E-state index contributed by atoms with van der Waals surface area (Å²) >= 11 is 3.02. The molecular formula is C13H12BrFN2O3S. The van der Waals surface area contributed by atoms with Gasteiger partial charge in [-0.2, -0.15) is 0 Å². The Morgan fingerprint density at radius 1 is 1.29 bits per heavy atom. The Bertz CT molecular complexity index is 781. The number of methoxy groups -OCH3 is 1. The highest BCUT2D eigenvalue weighted by molar-refractivity contribution is 9.10. The minimum Gasteiger partial charge on any atom is -0.495 e. The molecule has 0 aliphatic rings. The van der Waals surface area contributed by atoms with E-state index in [-0.39, 0.29) is 20.7 Å². The predicted octanol–water partition coefficient (Wildman–Crippen LogP) is 2.98. The maximum absolute atomic E-state index is 13.3. The molecule has 2 rings (SSSR count). The van der Waals surface area contributed by atoms with Crippen LogP contribution < -0.4 is 15.2 Å². The van der Waals surface area contributed by atoms with Gasteiger partial charge < -0.3 is 10.5 Å².